The molecule has 7 heteroatoms. The molecule has 6 nitrogen and oxygen atoms in total. The highest BCUT2D eigenvalue weighted by Gasteiger charge is 2.39. The van der Waals surface area contributed by atoms with Gasteiger partial charge in [-0.1, -0.05) is 0 Å². The Labute approximate surface area is 186 Å². The van der Waals surface area contributed by atoms with Crippen molar-refractivity contribution in [3.05, 3.63) is 22.4 Å². The Balaban J connectivity index is 1.32. The van der Waals surface area contributed by atoms with E-state index in [9.17, 15) is 0 Å². The van der Waals surface area contributed by atoms with E-state index in [-0.39, 0.29) is 5.54 Å². The highest BCUT2D eigenvalue weighted by Crippen LogP contribution is 2.31. The van der Waals surface area contributed by atoms with E-state index < -0.39 is 0 Å². The van der Waals surface area contributed by atoms with Gasteiger partial charge in [-0.25, -0.2) is 0 Å². The Kier molecular flexibility index (Phi) is 8.04. The highest BCUT2D eigenvalue weighted by molar-refractivity contribution is 7.07. The zero-order valence-corrected chi connectivity index (χ0v) is 19.4. The van der Waals surface area contributed by atoms with Crippen molar-refractivity contribution in [2.45, 2.75) is 63.6 Å². The van der Waals surface area contributed by atoms with Crippen LogP contribution in [0.25, 0.3) is 0 Å². The van der Waals surface area contributed by atoms with E-state index in [0.29, 0.717) is 6.04 Å². The molecular formula is C23H39N5OS. The van der Waals surface area contributed by atoms with E-state index in [4.69, 9.17) is 9.73 Å². The van der Waals surface area contributed by atoms with Crippen molar-refractivity contribution in [1.82, 2.24) is 20.4 Å². The SMILES string of the molecule is CCNC(=NCC1(N2CCCC2)CCOCC1)NC1CCN(Cc2ccsc2)CC1. The number of nitrogens with one attached hydrogen (secondary N) is 2. The smallest absolute Gasteiger partial charge is 0.191 e. The van der Waals surface area contributed by atoms with Gasteiger partial charge in [-0.3, -0.25) is 14.8 Å². The summed E-state index contributed by atoms with van der Waals surface area (Å²) in [5, 5.41) is 11.7. The minimum Gasteiger partial charge on any atom is -0.381 e. The van der Waals surface area contributed by atoms with E-state index in [0.717, 1.165) is 64.7 Å². The molecule has 4 rings (SSSR count). The molecule has 0 aliphatic carbocycles. The molecule has 0 saturated carbocycles. The molecule has 0 atom stereocenters. The maximum Gasteiger partial charge on any atom is 0.191 e. The quantitative estimate of drug-likeness (QED) is 0.512. The molecule has 4 heterocycles. The molecule has 0 spiro atoms. The maximum atomic E-state index is 5.70. The number of aliphatic imine (C=N–C) groups is 1. The Morgan fingerprint density at radius 1 is 1.20 bits per heavy atom. The zero-order valence-electron chi connectivity index (χ0n) is 18.6. The van der Waals surface area contributed by atoms with E-state index in [1.807, 2.05) is 0 Å². The van der Waals surface area contributed by atoms with Crippen molar-refractivity contribution >= 4 is 17.3 Å². The maximum absolute atomic E-state index is 5.70. The topological polar surface area (TPSA) is 52.1 Å². The molecule has 0 bridgehead atoms. The normalized spacial score (nSPS) is 24.2. The summed E-state index contributed by atoms with van der Waals surface area (Å²) in [6.45, 7) is 11.5. The second-order valence-electron chi connectivity index (χ2n) is 9.05. The molecule has 3 saturated heterocycles. The summed E-state index contributed by atoms with van der Waals surface area (Å²) in [5.74, 6) is 0.999. The largest absolute Gasteiger partial charge is 0.381 e. The number of piperidine rings is 1. The average Bonchev–Trinajstić information content (AvgIpc) is 3.49. The summed E-state index contributed by atoms with van der Waals surface area (Å²) >= 11 is 1.79. The molecule has 0 amide bonds. The van der Waals surface area contributed by atoms with Crippen molar-refractivity contribution < 1.29 is 4.74 Å². The minimum absolute atomic E-state index is 0.195. The number of ether oxygens (including phenoxy) is 1. The van der Waals surface area contributed by atoms with Gasteiger partial charge in [0.25, 0.3) is 0 Å². The lowest BCUT2D eigenvalue weighted by atomic mass is 9.88. The number of guanidine groups is 1. The number of likely N-dealkylation sites (tertiary alicyclic amines) is 2. The van der Waals surface area contributed by atoms with Crippen molar-refractivity contribution in [3.63, 3.8) is 0 Å². The summed E-state index contributed by atoms with van der Waals surface area (Å²) in [4.78, 5) is 10.4. The van der Waals surface area contributed by atoms with Crippen LogP contribution in [0.4, 0.5) is 0 Å². The summed E-state index contributed by atoms with van der Waals surface area (Å²) in [5.41, 5.74) is 1.64. The fourth-order valence-electron chi connectivity index (χ4n) is 5.13. The summed E-state index contributed by atoms with van der Waals surface area (Å²) in [6.07, 6.45) is 7.23. The Bertz CT molecular complexity index is 645. The van der Waals surface area contributed by atoms with Crippen LogP contribution >= 0.6 is 11.3 Å². The Morgan fingerprint density at radius 3 is 2.63 bits per heavy atom. The molecule has 0 radical (unpaired) electrons. The molecule has 168 valence electrons. The first-order valence-corrected chi connectivity index (χ1v) is 12.8. The Morgan fingerprint density at radius 2 is 1.97 bits per heavy atom. The summed E-state index contributed by atoms with van der Waals surface area (Å²) < 4.78 is 5.70. The van der Waals surface area contributed by atoms with Crippen molar-refractivity contribution in [2.24, 2.45) is 4.99 Å². The van der Waals surface area contributed by atoms with E-state index in [1.54, 1.807) is 11.3 Å². The monoisotopic (exact) mass is 433 g/mol. The van der Waals surface area contributed by atoms with Gasteiger partial charge in [0.05, 0.1) is 6.54 Å². The lowest BCUT2D eigenvalue weighted by Gasteiger charge is -2.43. The van der Waals surface area contributed by atoms with Gasteiger partial charge in [0.15, 0.2) is 5.96 Å². The van der Waals surface area contributed by atoms with Crippen LogP contribution in [-0.4, -0.2) is 79.8 Å². The van der Waals surface area contributed by atoms with Crippen LogP contribution in [0.3, 0.4) is 0 Å². The third kappa shape index (κ3) is 5.75. The first kappa shape index (κ1) is 22.1. The predicted octanol–water partition coefficient (Wildman–Crippen LogP) is 2.91. The highest BCUT2D eigenvalue weighted by atomic mass is 32.1. The second-order valence-corrected chi connectivity index (χ2v) is 9.83. The van der Waals surface area contributed by atoms with E-state index >= 15 is 0 Å². The summed E-state index contributed by atoms with van der Waals surface area (Å²) in [6, 6.07) is 2.76. The van der Waals surface area contributed by atoms with Gasteiger partial charge in [0, 0.05) is 51.0 Å². The summed E-state index contributed by atoms with van der Waals surface area (Å²) in [7, 11) is 0. The minimum atomic E-state index is 0.195. The van der Waals surface area contributed by atoms with Crippen LogP contribution < -0.4 is 10.6 Å². The van der Waals surface area contributed by atoms with Crippen LogP contribution in [0.2, 0.25) is 0 Å². The zero-order chi connectivity index (χ0) is 20.7. The van der Waals surface area contributed by atoms with Crippen molar-refractivity contribution in [1.29, 1.82) is 0 Å². The molecule has 1 aromatic rings. The number of thiophene rings is 1. The lowest BCUT2D eigenvalue weighted by Crippen LogP contribution is -2.54. The molecule has 3 aliphatic rings. The standard InChI is InChI=1S/C23H39N5OS/c1-2-24-22(25-19-23(8-14-29-15-9-23)28-10-3-4-11-28)26-21-5-12-27(13-6-21)17-20-7-16-30-18-20/h7,16,18,21H,2-6,8-15,17,19H2,1H3,(H2,24,25,26). The van der Waals surface area contributed by atoms with Crippen LogP contribution in [0.1, 0.15) is 51.0 Å². The van der Waals surface area contributed by atoms with Gasteiger partial charge in [-0.2, -0.15) is 11.3 Å². The third-order valence-electron chi connectivity index (χ3n) is 6.99. The Hall–Kier alpha value is -1.15. The molecule has 3 fully saturated rings. The van der Waals surface area contributed by atoms with Crippen LogP contribution in [0.5, 0.6) is 0 Å². The number of rotatable bonds is 7. The van der Waals surface area contributed by atoms with E-state index in [2.05, 4.69) is 44.2 Å². The molecular weight excluding hydrogens is 394 g/mol. The fourth-order valence-corrected chi connectivity index (χ4v) is 5.79. The van der Waals surface area contributed by atoms with Gasteiger partial charge >= 0.3 is 0 Å². The van der Waals surface area contributed by atoms with Crippen LogP contribution in [0, 0.1) is 0 Å². The van der Waals surface area contributed by atoms with Gasteiger partial charge in [0.1, 0.15) is 0 Å². The van der Waals surface area contributed by atoms with E-state index in [1.165, 1.54) is 44.3 Å². The van der Waals surface area contributed by atoms with Gasteiger partial charge < -0.3 is 15.4 Å². The van der Waals surface area contributed by atoms with Gasteiger partial charge in [-0.15, -0.1) is 0 Å². The van der Waals surface area contributed by atoms with Crippen LogP contribution in [-0.2, 0) is 11.3 Å². The molecule has 1 aromatic heterocycles. The predicted molar refractivity (Wildman–Crippen MR) is 125 cm³/mol. The first-order valence-electron chi connectivity index (χ1n) is 11.9. The molecule has 3 aliphatic heterocycles. The van der Waals surface area contributed by atoms with Gasteiger partial charge in [-0.05, 0) is 80.9 Å². The average molecular weight is 434 g/mol. The molecule has 2 N–H and O–H groups in total. The molecule has 0 aromatic carbocycles. The second kappa shape index (κ2) is 10.9. The molecule has 0 unspecified atom stereocenters. The first-order chi connectivity index (χ1) is 14.8. The number of hydrogen-bond donors (Lipinski definition) is 2. The third-order valence-corrected chi connectivity index (χ3v) is 7.72. The van der Waals surface area contributed by atoms with Gasteiger partial charge in [0.2, 0.25) is 0 Å². The van der Waals surface area contributed by atoms with Crippen LogP contribution in [0.15, 0.2) is 21.8 Å². The van der Waals surface area contributed by atoms with Crippen molar-refractivity contribution in [2.75, 3.05) is 52.5 Å². The molecule has 30 heavy (non-hydrogen) atoms. The number of hydrogen-bond acceptors (Lipinski definition) is 5. The number of nitrogens with zero attached hydrogens (tertiary/aromatic N) is 3. The fraction of sp³-hybridized carbons (Fsp3) is 0.783. The lowest BCUT2D eigenvalue weighted by molar-refractivity contribution is -0.0139. The van der Waals surface area contributed by atoms with Crippen molar-refractivity contribution in [3.8, 4) is 0 Å².